The van der Waals surface area contributed by atoms with Gasteiger partial charge in [-0.1, -0.05) is 18.9 Å². The first-order valence-corrected chi connectivity index (χ1v) is 10.8. The van der Waals surface area contributed by atoms with Gasteiger partial charge in [0.05, 0.1) is 12.6 Å². The number of aliphatic hydroxyl groups excluding tert-OH is 1. The third-order valence-electron chi connectivity index (χ3n) is 6.00. The summed E-state index contributed by atoms with van der Waals surface area (Å²) in [6, 6.07) is -0.0973. The van der Waals surface area contributed by atoms with Crippen molar-refractivity contribution in [2.24, 2.45) is 11.8 Å². The Balaban J connectivity index is 0.000000475. The fraction of sp³-hybridized carbons (Fsp3) is 0.682. The number of nitro groups is 1. The van der Waals surface area contributed by atoms with Crippen molar-refractivity contribution in [1.29, 1.82) is 0 Å². The van der Waals surface area contributed by atoms with E-state index < -0.39 is 5.92 Å². The van der Waals surface area contributed by atoms with E-state index >= 15 is 0 Å². The van der Waals surface area contributed by atoms with Gasteiger partial charge in [0, 0.05) is 78.8 Å². The largest absolute Gasteiger partial charge is 0.465 e. The molecule has 1 saturated heterocycles. The van der Waals surface area contributed by atoms with Gasteiger partial charge in [-0.25, -0.2) is 0 Å². The molecule has 0 spiro atoms. The van der Waals surface area contributed by atoms with Crippen molar-refractivity contribution in [1.82, 2.24) is 5.32 Å². The van der Waals surface area contributed by atoms with Crippen LogP contribution in [0.25, 0.3) is 0 Å². The summed E-state index contributed by atoms with van der Waals surface area (Å²) in [7, 11) is 0. The van der Waals surface area contributed by atoms with Crippen LogP contribution >= 0.6 is 0 Å². The van der Waals surface area contributed by atoms with Crippen molar-refractivity contribution in [3.05, 3.63) is 34.2 Å². The van der Waals surface area contributed by atoms with Crippen molar-refractivity contribution >= 4 is 17.5 Å². The molecule has 11 heteroatoms. The van der Waals surface area contributed by atoms with Crippen molar-refractivity contribution in [2.75, 3.05) is 13.2 Å². The quantitative estimate of drug-likeness (QED) is 0.145. The molecule has 4 rings (SSSR count). The summed E-state index contributed by atoms with van der Waals surface area (Å²) in [6.07, 6.45) is 9.65. The number of fused-ring (bicyclic) bond motifs is 1. The third-order valence-corrected chi connectivity index (χ3v) is 6.00. The Hall–Kier alpha value is -0.913. The zero-order valence-electron chi connectivity index (χ0n) is 19.0. The number of ether oxygens (including phenoxy) is 1. The molecule has 2 N–H and O–H groups in total. The molecule has 2 aliphatic carbocycles. The normalized spacial score (nSPS) is 27.4. The summed E-state index contributed by atoms with van der Waals surface area (Å²) < 4.78 is 4.57. The minimum absolute atomic E-state index is 0. The molecule has 0 radical (unpaired) electrons. The number of nitrogens with one attached hydrogen (secondary N) is 1. The minimum Gasteiger partial charge on any atom is -0.465 e. The number of rotatable bonds is 4. The van der Waals surface area contributed by atoms with Gasteiger partial charge in [-0.15, -0.1) is 0 Å². The molecule has 2 saturated carbocycles. The summed E-state index contributed by atoms with van der Waals surface area (Å²) in [5.41, 5.74) is 1.74. The number of aliphatic hydroxyl groups is 1. The molecule has 2 aliphatic heterocycles. The summed E-state index contributed by atoms with van der Waals surface area (Å²) in [5, 5.41) is 22.2. The molecule has 186 valence electrons. The van der Waals surface area contributed by atoms with Crippen molar-refractivity contribution in [3.8, 4) is 0 Å². The number of hydrogen-bond acceptors (Lipinski definition) is 8. The molecule has 0 aromatic rings. The van der Waals surface area contributed by atoms with E-state index in [2.05, 4.69) is 16.5 Å². The van der Waals surface area contributed by atoms with Crippen LogP contribution in [0.1, 0.15) is 58.8 Å². The topological polar surface area (TPSA) is 136 Å². The molecule has 33 heavy (non-hydrogen) atoms. The van der Waals surface area contributed by atoms with Crippen molar-refractivity contribution < 1.29 is 71.3 Å². The van der Waals surface area contributed by atoms with Crippen LogP contribution in [-0.4, -0.2) is 52.9 Å². The van der Waals surface area contributed by atoms with Gasteiger partial charge in [-0.3, -0.25) is 30.9 Å². The average Bonchev–Trinajstić information content (AvgIpc) is 3.47. The number of hydrogen-bond donors (Lipinski definition) is 2. The molecule has 0 aromatic heterocycles. The smallest absolute Gasteiger partial charge is 0.316 e. The average molecular weight is 804 g/mol. The second-order valence-corrected chi connectivity index (χ2v) is 8.17. The second-order valence-electron chi connectivity index (χ2n) is 8.17. The zero-order chi connectivity index (χ0) is 23.0. The van der Waals surface area contributed by atoms with Gasteiger partial charge in [0.1, 0.15) is 11.7 Å². The maximum Gasteiger partial charge on any atom is 0.316 e. The van der Waals surface area contributed by atoms with Crippen LogP contribution in [0.15, 0.2) is 11.3 Å². The van der Waals surface area contributed by atoms with Crippen LogP contribution in [0.5, 0.6) is 0 Å². The number of allylic oxidation sites excluding steroid dienone is 1. The molecule has 0 aromatic carbocycles. The fourth-order valence-electron chi connectivity index (χ4n) is 4.23. The number of Topliss-reactive ketones (excluding diaryl/α,β-unsaturated/α-hetero) is 2. The predicted molar refractivity (Wildman–Crippen MR) is 112 cm³/mol. The zero-order valence-corrected chi connectivity index (χ0v) is 24.9. The van der Waals surface area contributed by atoms with Crippen LogP contribution in [0, 0.1) is 34.8 Å². The molecular formula is C22H32N2O7W2-2. The Morgan fingerprint density at radius 2 is 1.91 bits per heavy atom. The van der Waals surface area contributed by atoms with Crippen LogP contribution in [0.3, 0.4) is 0 Å². The Morgan fingerprint density at radius 1 is 1.21 bits per heavy atom. The molecule has 0 bridgehead atoms. The van der Waals surface area contributed by atoms with Crippen molar-refractivity contribution in [2.45, 2.75) is 70.9 Å². The first-order chi connectivity index (χ1) is 14.8. The number of carbonyl (C=O) groups is 3. The molecule has 0 amide bonds. The molecule has 9 nitrogen and oxygen atoms in total. The van der Waals surface area contributed by atoms with Gasteiger partial charge < -0.3 is 21.6 Å². The summed E-state index contributed by atoms with van der Waals surface area (Å²) >= 11 is 0. The monoisotopic (exact) mass is 804 g/mol. The number of nitrogens with zero attached hydrogens (tertiary/aromatic N) is 1. The first-order valence-electron chi connectivity index (χ1n) is 10.8. The molecule has 4 atom stereocenters. The Labute approximate surface area is 223 Å². The van der Waals surface area contributed by atoms with Crippen LogP contribution in [-0.2, 0) is 61.3 Å². The van der Waals surface area contributed by atoms with Gasteiger partial charge in [0.15, 0.2) is 5.78 Å². The van der Waals surface area contributed by atoms with Crippen LogP contribution < -0.4 is 5.32 Å². The van der Waals surface area contributed by atoms with Gasteiger partial charge in [-0.2, -0.15) is 12.8 Å². The van der Waals surface area contributed by atoms with Crippen molar-refractivity contribution in [3.63, 3.8) is 0 Å². The number of cyclic esters (lactones) is 1. The fourth-order valence-corrected chi connectivity index (χ4v) is 4.23. The SMILES string of the molecule is CC(=O)C1CCOC1=O.CC1=C(CCO)C(=O)C2CC[CH-]C2N1.O=[N+]([O-])C1[CH-]CCC1.[W].[W]. The van der Waals surface area contributed by atoms with Gasteiger partial charge in [0.2, 0.25) is 0 Å². The minimum atomic E-state index is -0.468. The third kappa shape index (κ3) is 9.33. The number of esters is 1. The number of ketones is 2. The van der Waals surface area contributed by atoms with E-state index in [0.717, 1.165) is 43.4 Å². The second kappa shape index (κ2) is 15.9. The molecule has 2 heterocycles. The number of carbonyl (C=O) groups excluding carboxylic acids is 3. The van der Waals surface area contributed by atoms with Gasteiger partial charge in [-0.05, 0) is 25.2 Å². The molecule has 4 unspecified atom stereocenters. The summed E-state index contributed by atoms with van der Waals surface area (Å²) in [4.78, 5) is 42.9. The Kier molecular flexibility index (Phi) is 15.4. The first kappa shape index (κ1) is 32.1. The molecule has 4 aliphatic rings. The Bertz CT molecular complexity index is 724. The van der Waals surface area contributed by atoms with Crippen LogP contribution in [0.2, 0.25) is 0 Å². The van der Waals surface area contributed by atoms with Crippen LogP contribution in [0.4, 0.5) is 0 Å². The van der Waals surface area contributed by atoms with E-state index in [1.165, 1.54) is 6.92 Å². The van der Waals surface area contributed by atoms with E-state index in [0.29, 0.717) is 19.4 Å². The van der Waals surface area contributed by atoms with E-state index in [1.54, 1.807) is 6.42 Å². The summed E-state index contributed by atoms with van der Waals surface area (Å²) in [6.45, 7) is 3.80. The maximum absolute atomic E-state index is 12.0. The Morgan fingerprint density at radius 3 is 2.33 bits per heavy atom. The predicted octanol–water partition coefficient (Wildman–Crippen LogP) is 1.95. The van der Waals surface area contributed by atoms with Gasteiger partial charge >= 0.3 is 5.97 Å². The van der Waals surface area contributed by atoms with E-state index in [4.69, 9.17) is 5.11 Å². The molecule has 3 fully saturated rings. The maximum atomic E-state index is 12.0. The van der Waals surface area contributed by atoms with E-state index in [-0.39, 0.29) is 89.2 Å². The molecular weight excluding hydrogens is 772 g/mol. The van der Waals surface area contributed by atoms with E-state index in [1.807, 2.05) is 6.92 Å². The standard InChI is InChI=1S/C11H16NO2.C6H8O3.C5H8NO2.2W/c1-7-8(5-6-13)11(14)9-3-2-4-10(9)12-7;1-4(7)5-2-3-9-6(5)8;7-6(8)5-3-1-2-4-5;;/h4,9-10,12-13H,2-3,5-6H2,1H3;5H,2-3H2,1H3;3,5H,1-2,4H2;;/q-1;;-1;;. The van der Waals surface area contributed by atoms with Gasteiger partial charge in [0.25, 0.3) is 0 Å². The van der Waals surface area contributed by atoms with E-state index in [9.17, 15) is 24.5 Å². The summed E-state index contributed by atoms with van der Waals surface area (Å²) in [5.74, 6) is -0.542.